The number of anilines is 1. The van der Waals surface area contributed by atoms with E-state index in [2.05, 4.69) is 37.4 Å². The number of aromatic amines is 1. The minimum absolute atomic E-state index is 0.0537. The average molecular weight is 254 g/mol. The largest absolute Gasteiger partial charge is 0.347 e. The molecule has 0 saturated carbocycles. The lowest BCUT2D eigenvalue weighted by Gasteiger charge is -2.14. The summed E-state index contributed by atoms with van der Waals surface area (Å²) in [5.41, 5.74) is 1.62. The number of nitrogens with zero attached hydrogens (tertiary/aromatic N) is 4. The Morgan fingerprint density at radius 3 is 2.79 bits per heavy atom. The van der Waals surface area contributed by atoms with Crippen molar-refractivity contribution >= 4 is 17.0 Å². The van der Waals surface area contributed by atoms with Crippen molar-refractivity contribution in [3.8, 4) is 0 Å². The molecule has 19 heavy (non-hydrogen) atoms. The number of benzene rings is 1. The molecule has 6 nitrogen and oxygen atoms in total. The Hall–Kier alpha value is -2.50. The maximum absolute atomic E-state index is 4.45. The smallest absolute Gasteiger partial charge is 0.243 e. The van der Waals surface area contributed by atoms with E-state index >= 15 is 0 Å². The summed E-state index contributed by atoms with van der Waals surface area (Å²) in [4.78, 5) is 11.8. The quantitative estimate of drug-likeness (QED) is 0.746. The molecule has 0 bridgehead atoms. The first kappa shape index (κ1) is 11.6. The lowest BCUT2D eigenvalue weighted by molar-refractivity contribution is 0.693. The summed E-state index contributed by atoms with van der Waals surface area (Å²) in [7, 11) is 0. The standard InChI is InChI=1S/C13H14N6/c1-2-9(12-14-7-8-15-12)16-13-17-10-5-3-4-6-11(10)18-19-13/h3-9H,2H2,1H3,(H,14,15)(H,16,17,19). The highest BCUT2D eigenvalue weighted by Crippen LogP contribution is 2.17. The molecule has 6 heteroatoms. The van der Waals surface area contributed by atoms with Crippen LogP contribution in [0.5, 0.6) is 0 Å². The fraction of sp³-hybridized carbons (Fsp3) is 0.231. The molecule has 3 rings (SSSR count). The molecule has 2 aromatic heterocycles. The van der Waals surface area contributed by atoms with Crippen LogP contribution in [0.4, 0.5) is 5.95 Å². The van der Waals surface area contributed by atoms with Gasteiger partial charge in [-0.25, -0.2) is 9.97 Å². The second-order valence-corrected chi connectivity index (χ2v) is 4.20. The second kappa shape index (κ2) is 5.01. The first-order valence-corrected chi connectivity index (χ1v) is 6.22. The Morgan fingerprint density at radius 1 is 1.21 bits per heavy atom. The SMILES string of the molecule is CCC(Nc1nnc2ccccc2n1)c1ncc[nH]1. The molecule has 1 atom stereocenters. The van der Waals surface area contributed by atoms with E-state index in [0.29, 0.717) is 5.95 Å². The number of H-pyrrole nitrogens is 1. The van der Waals surface area contributed by atoms with Gasteiger partial charge in [0.15, 0.2) is 0 Å². The van der Waals surface area contributed by atoms with Crippen molar-refractivity contribution in [2.45, 2.75) is 19.4 Å². The molecule has 3 aromatic rings. The van der Waals surface area contributed by atoms with Crippen LogP contribution in [0.1, 0.15) is 25.2 Å². The van der Waals surface area contributed by atoms with Crippen molar-refractivity contribution in [2.75, 3.05) is 5.32 Å². The summed E-state index contributed by atoms with van der Waals surface area (Å²) >= 11 is 0. The number of imidazole rings is 1. The molecule has 2 N–H and O–H groups in total. The van der Waals surface area contributed by atoms with E-state index in [1.807, 2.05) is 24.3 Å². The Kier molecular flexibility index (Phi) is 3.06. The van der Waals surface area contributed by atoms with E-state index in [1.54, 1.807) is 12.4 Å². The van der Waals surface area contributed by atoms with Crippen LogP contribution in [0.3, 0.4) is 0 Å². The van der Waals surface area contributed by atoms with E-state index in [0.717, 1.165) is 23.3 Å². The summed E-state index contributed by atoms with van der Waals surface area (Å²) in [6.07, 6.45) is 4.42. The first-order chi connectivity index (χ1) is 9.36. The maximum Gasteiger partial charge on any atom is 0.243 e. The molecule has 0 radical (unpaired) electrons. The molecule has 0 amide bonds. The van der Waals surface area contributed by atoms with Crippen LogP contribution in [-0.4, -0.2) is 25.1 Å². The Labute approximate surface area is 110 Å². The third-order valence-corrected chi connectivity index (χ3v) is 2.92. The maximum atomic E-state index is 4.45. The topological polar surface area (TPSA) is 79.4 Å². The van der Waals surface area contributed by atoms with Gasteiger partial charge in [0, 0.05) is 12.4 Å². The molecule has 0 aliphatic carbocycles. The molecule has 1 unspecified atom stereocenters. The molecule has 96 valence electrons. The molecule has 0 spiro atoms. The Morgan fingerprint density at radius 2 is 2.05 bits per heavy atom. The van der Waals surface area contributed by atoms with Gasteiger partial charge in [0.05, 0.1) is 11.6 Å². The Bertz CT molecular complexity index is 664. The molecule has 2 heterocycles. The highest BCUT2D eigenvalue weighted by molar-refractivity contribution is 5.74. The molecule has 0 aliphatic rings. The van der Waals surface area contributed by atoms with Crippen molar-refractivity contribution in [1.82, 2.24) is 25.1 Å². The zero-order valence-corrected chi connectivity index (χ0v) is 10.5. The van der Waals surface area contributed by atoms with Gasteiger partial charge in [0.25, 0.3) is 0 Å². The van der Waals surface area contributed by atoms with Gasteiger partial charge in [-0.15, -0.1) is 10.2 Å². The lowest BCUT2D eigenvalue weighted by Crippen LogP contribution is -2.14. The second-order valence-electron chi connectivity index (χ2n) is 4.20. The van der Waals surface area contributed by atoms with Crippen LogP contribution in [-0.2, 0) is 0 Å². The van der Waals surface area contributed by atoms with Gasteiger partial charge in [-0.2, -0.15) is 0 Å². The lowest BCUT2D eigenvalue weighted by atomic mass is 10.2. The van der Waals surface area contributed by atoms with Crippen LogP contribution >= 0.6 is 0 Å². The summed E-state index contributed by atoms with van der Waals surface area (Å²) in [5, 5.41) is 11.5. The monoisotopic (exact) mass is 254 g/mol. The van der Waals surface area contributed by atoms with Gasteiger partial charge in [0.2, 0.25) is 5.95 Å². The molecule has 0 aliphatic heterocycles. The molecular formula is C13H14N6. The van der Waals surface area contributed by atoms with E-state index in [1.165, 1.54) is 0 Å². The number of hydrogen-bond acceptors (Lipinski definition) is 5. The minimum atomic E-state index is 0.0537. The summed E-state index contributed by atoms with van der Waals surface area (Å²) < 4.78 is 0. The van der Waals surface area contributed by atoms with Gasteiger partial charge in [0.1, 0.15) is 11.3 Å². The summed E-state index contributed by atoms with van der Waals surface area (Å²) in [5.74, 6) is 1.39. The third kappa shape index (κ3) is 2.37. The molecule has 1 aromatic carbocycles. The number of para-hydroxylation sites is 1. The van der Waals surface area contributed by atoms with Crippen molar-refractivity contribution in [2.24, 2.45) is 0 Å². The van der Waals surface area contributed by atoms with Gasteiger partial charge in [-0.3, -0.25) is 0 Å². The molecule has 0 saturated heterocycles. The summed E-state index contributed by atoms with van der Waals surface area (Å²) in [6, 6.07) is 7.72. The van der Waals surface area contributed by atoms with Gasteiger partial charge in [-0.05, 0) is 18.6 Å². The van der Waals surface area contributed by atoms with Crippen molar-refractivity contribution in [3.63, 3.8) is 0 Å². The fourth-order valence-electron chi connectivity index (χ4n) is 1.93. The highest BCUT2D eigenvalue weighted by Gasteiger charge is 2.13. The van der Waals surface area contributed by atoms with E-state index in [9.17, 15) is 0 Å². The predicted molar refractivity (Wildman–Crippen MR) is 72.6 cm³/mol. The zero-order valence-electron chi connectivity index (χ0n) is 10.5. The third-order valence-electron chi connectivity index (χ3n) is 2.92. The van der Waals surface area contributed by atoms with E-state index < -0.39 is 0 Å². The highest BCUT2D eigenvalue weighted by atomic mass is 15.2. The number of hydrogen-bond donors (Lipinski definition) is 2. The number of fused-ring (bicyclic) bond motifs is 1. The molecular weight excluding hydrogens is 240 g/mol. The van der Waals surface area contributed by atoms with Gasteiger partial charge >= 0.3 is 0 Å². The zero-order chi connectivity index (χ0) is 13.1. The van der Waals surface area contributed by atoms with Crippen LogP contribution in [0.2, 0.25) is 0 Å². The normalized spacial score (nSPS) is 12.5. The van der Waals surface area contributed by atoms with Crippen molar-refractivity contribution < 1.29 is 0 Å². The predicted octanol–water partition coefficient (Wildman–Crippen LogP) is 2.31. The first-order valence-electron chi connectivity index (χ1n) is 6.22. The summed E-state index contributed by atoms with van der Waals surface area (Å²) in [6.45, 7) is 2.08. The average Bonchev–Trinajstić information content (AvgIpc) is 2.98. The minimum Gasteiger partial charge on any atom is -0.347 e. The molecule has 0 fully saturated rings. The number of rotatable bonds is 4. The van der Waals surface area contributed by atoms with Crippen LogP contribution in [0.25, 0.3) is 11.0 Å². The van der Waals surface area contributed by atoms with Crippen molar-refractivity contribution in [3.05, 3.63) is 42.5 Å². The van der Waals surface area contributed by atoms with Crippen LogP contribution in [0.15, 0.2) is 36.7 Å². The van der Waals surface area contributed by atoms with Crippen molar-refractivity contribution in [1.29, 1.82) is 0 Å². The fourth-order valence-corrected chi connectivity index (χ4v) is 1.93. The van der Waals surface area contributed by atoms with E-state index in [-0.39, 0.29) is 6.04 Å². The van der Waals surface area contributed by atoms with Crippen LogP contribution < -0.4 is 5.32 Å². The number of nitrogens with one attached hydrogen (secondary N) is 2. The van der Waals surface area contributed by atoms with Crippen LogP contribution in [0, 0.1) is 0 Å². The van der Waals surface area contributed by atoms with E-state index in [4.69, 9.17) is 0 Å². The Balaban J connectivity index is 1.88. The van der Waals surface area contributed by atoms with Gasteiger partial charge < -0.3 is 10.3 Å². The number of aromatic nitrogens is 5. The van der Waals surface area contributed by atoms with Gasteiger partial charge in [-0.1, -0.05) is 19.1 Å².